The predicted molar refractivity (Wildman–Crippen MR) is 81.1 cm³/mol. The third-order valence-corrected chi connectivity index (χ3v) is 3.69. The van der Waals surface area contributed by atoms with E-state index in [1.165, 1.54) is 5.56 Å². The summed E-state index contributed by atoms with van der Waals surface area (Å²) in [5.41, 5.74) is 3.07. The van der Waals surface area contributed by atoms with Crippen LogP contribution in [0.3, 0.4) is 0 Å². The number of carbonyl (C=O) groups excluding carboxylic acids is 1. The molecule has 1 unspecified atom stereocenters. The van der Waals surface area contributed by atoms with Crippen LogP contribution in [-0.4, -0.2) is 40.8 Å². The highest BCUT2D eigenvalue weighted by Gasteiger charge is 2.24. The Morgan fingerprint density at radius 1 is 1.38 bits per heavy atom. The second-order valence-corrected chi connectivity index (χ2v) is 5.28. The van der Waals surface area contributed by atoms with Crippen molar-refractivity contribution < 1.29 is 4.79 Å². The minimum Gasteiger partial charge on any atom is -0.321 e. The van der Waals surface area contributed by atoms with Crippen molar-refractivity contribution in [1.82, 2.24) is 20.4 Å². The minimum absolute atomic E-state index is 0.0613. The zero-order valence-corrected chi connectivity index (χ0v) is 12.0. The number of H-pyrrole nitrogens is 1. The number of piperazine rings is 1. The van der Waals surface area contributed by atoms with E-state index >= 15 is 0 Å². The summed E-state index contributed by atoms with van der Waals surface area (Å²) in [5, 5.41) is 13.1. The number of benzene rings is 1. The van der Waals surface area contributed by atoms with Gasteiger partial charge in [-0.3, -0.25) is 5.10 Å². The molecule has 3 N–H and O–H groups in total. The highest BCUT2D eigenvalue weighted by molar-refractivity contribution is 5.89. The highest BCUT2D eigenvalue weighted by Crippen LogP contribution is 2.17. The molecule has 0 radical (unpaired) electrons. The second-order valence-electron chi connectivity index (χ2n) is 5.28. The maximum absolute atomic E-state index is 12.3. The molecule has 3 rings (SSSR count). The fraction of sp³-hybridized carbons (Fsp3) is 0.333. The first-order valence-corrected chi connectivity index (χ1v) is 7.07. The topological polar surface area (TPSA) is 73.1 Å². The molecule has 1 fully saturated rings. The molecule has 2 aromatic rings. The summed E-state index contributed by atoms with van der Waals surface area (Å²) in [5.74, 6) is 0. The van der Waals surface area contributed by atoms with Crippen LogP contribution in [0.5, 0.6) is 0 Å². The van der Waals surface area contributed by atoms with Crippen LogP contribution in [0, 0.1) is 6.92 Å². The number of anilines is 1. The molecule has 2 heterocycles. The van der Waals surface area contributed by atoms with Crippen LogP contribution in [0.25, 0.3) is 0 Å². The largest absolute Gasteiger partial charge is 0.321 e. The minimum atomic E-state index is -0.0613. The van der Waals surface area contributed by atoms with Crippen LogP contribution in [-0.2, 0) is 0 Å². The molecule has 6 nitrogen and oxygen atoms in total. The Bertz CT molecular complexity index is 593. The standard InChI is InChI=1S/C15H19N5O/c1-11-2-4-13(5-3-11)19-15(21)20-7-6-16-14(10-20)12-8-17-18-9-12/h2-5,8-9,14,16H,6-7,10H2,1H3,(H,17,18)(H,19,21). The van der Waals surface area contributed by atoms with E-state index in [9.17, 15) is 4.79 Å². The van der Waals surface area contributed by atoms with Gasteiger partial charge < -0.3 is 15.5 Å². The van der Waals surface area contributed by atoms with Crippen molar-refractivity contribution in [2.24, 2.45) is 0 Å². The van der Waals surface area contributed by atoms with Gasteiger partial charge in [-0.1, -0.05) is 17.7 Å². The average Bonchev–Trinajstić information content (AvgIpc) is 3.04. The van der Waals surface area contributed by atoms with Crippen molar-refractivity contribution in [3.8, 4) is 0 Å². The predicted octanol–water partition coefficient (Wildman–Crippen LogP) is 1.90. The van der Waals surface area contributed by atoms with Gasteiger partial charge in [0, 0.05) is 37.1 Å². The fourth-order valence-electron chi connectivity index (χ4n) is 2.45. The monoisotopic (exact) mass is 285 g/mol. The normalized spacial score (nSPS) is 18.5. The number of nitrogens with zero attached hydrogens (tertiary/aromatic N) is 2. The summed E-state index contributed by atoms with van der Waals surface area (Å²) in [4.78, 5) is 14.2. The van der Waals surface area contributed by atoms with Gasteiger partial charge in [-0.15, -0.1) is 0 Å². The summed E-state index contributed by atoms with van der Waals surface area (Å²) < 4.78 is 0. The third-order valence-electron chi connectivity index (χ3n) is 3.69. The number of aromatic amines is 1. The lowest BCUT2D eigenvalue weighted by Gasteiger charge is -2.33. The molecule has 1 atom stereocenters. The van der Waals surface area contributed by atoms with Gasteiger partial charge in [0.05, 0.1) is 12.2 Å². The second kappa shape index (κ2) is 5.97. The molecule has 21 heavy (non-hydrogen) atoms. The van der Waals surface area contributed by atoms with E-state index in [1.807, 2.05) is 42.3 Å². The van der Waals surface area contributed by atoms with Crippen molar-refractivity contribution in [3.63, 3.8) is 0 Å². The van der Waals surface area contributed by atoms with Crippen molar-refractivity contribution >= 4 is 11.7 Å². The van der Waals surface area contributed by atoms with Gasteiger partial charge in [0.25, 0.3) is 0 Å². The Morgan fingerprint density at radius 3 is 2.90 bits per heavy atom. The number of aryl methyl sites for hydroxylation is 1. The lowest BCUT2D eigenvalue weighted by Crippen LogP contribution is -2.49. The number of urea groups is 1. The Kier molecular flexibility index (Phi) is 3.87. The van der Waals surface area contributed by atoms with Crippen LogP contribution in [0.2, 0.25) is 0 Å². The maximum Gasteiger partial charge on any atom is 0.321 e. The quantitative estimate of drug-likeness (QED) is 0.789. The summed E-state index contributed by atoms with van der Waals surface area (Å²) in [6.07, 6.45) is 3.65. The number of aromatic nitrogens is 2. The molecule has 1 saturated heterocycles. The Hall–Kier alpha value is -2.34. The molecular weight excluding hydrogens is 266 g/mol. The summed E-state index contributed by atoms with van der Waals surface area (Å²) >= 11 is 0. The van der Waals surface area contributed by atoms with Gasteiger partial charge in [0.2, 0.25) is 0 Å². The van der Waals surface area contributed by atoms with Crippen LogP contribution >= 0.6 is 0 Å². The average molecular weight is 285 g/mol. The maximum atomic E-state index is 12.3. The van der Waals surface area contributed by atoms with Gasteiger partial charge >= 0.3 is 6.03 Å². The van der Waals surface area contributed by atoms with Gasteiger partial charge in [-0.05, 0) is 19.1 Å². The summed E-state index contributed by atoms with van der Waals surface area (Å²) in [6, 6.07) is 7.88. The summed E-state index contributed by atoms with van der Waals surface area (Å²) in [7, 11) is 0. The number of hydrogen-bond acceptors (Lipinski definition) is 3. The number of carbonyl (C=O) groups is 1. The molecule has 0 aliphatic carbocycles. The van der Waals surface area contributed by atoms with Gasteiger partial charge in [0.1, 0.15) is 0 Å². The van der Waals surface area contributed by atoms with Crippen molar-refractivity contribution in [2.45, 2.75) is 13.0 Å². The fourth-order valence-corrected chi connectivity index (χ4v) is 2.45. The van der Waals surface area contributed by atoms with E-state index in [2.05, 4.69) is 20.8 Å². The summed E-state index contributed by atoms with van der Waals surface area (Å²) in [6.45, 7) is 4.14. The first kappa shape index (κ1) is 13.6. The van der Waals surface area contributed by atoms with E-state index in [0.29, 0.717) is 13.1 Å². The molecule has 1 aliphatic rings. The van der Waals surface area contributed by atoms with Crippen molar-refractivity contribution in [3.05, 3.63) is 47.8 Å². The lowest BCUT2D eigenvalue weighted by atomic mass is 10.1. The van der Waals surface area contributed by atoms with E-state index < -0.39 is 0 Å². The van der Waals surface area contributed by atoms with E-state index in [-0.39, 0.29) is 12.1 Å². The first-order chi connectivity index (χ1) is 10.2. The lowest BCUT2D eigenvalue weighted by molar-refractivity contribution is 0.190. The molecule has 1 aromatic carbocycles. The Morgan fingerprint density at radius 2 is 2.19 bits per heavy atom. The smallest absolute Gasteiger partial charge is 0.321 e. The Balaban J connectivity index is 1.63. The Labute approximate surface area is 123 Å². The molecule has 2 amide bonds. The molecule has 110 valence electrons. The zero-order chi connectivity index (χ0) is 14.7. The van der Waals surface area contributed by atoms with Gasteiger partial charge in [0.15, 0.2) is 0 Å². The van der Waals surface area contributed by atoms with Gasteiger partial charge in [-0.2, -0.15) is 5.10 Å². The molecule has 1 aromatic heterocycles. The number of amides is 2. The molecule has 0 bridgehead atoms. The van der Waals surface area contributed by atoms with Crippen LogP contribution in [0.1, 0.15) is 17.2 Å². The van der Waals surface area contributed by atoms with Crippen LogP contribution < -0.4 is 10.6 Å². The van der Waals surface area contributed by atoms with Gasteiger partial charge in [-0.25, -0.2) is 4.79 Å². The first-order valence-electron chi connectivity index (χ1n) is 7.07. The third kappa shape index (κ3) is 3.22. The van der Waals surface area contributed by atoms with E-state index in [1.54, 1.807) is 6.20 Å². The molecular formula is C15H19N5O. The number of rotatable bonds is 2. The van der Waals surface area contributed by atoms with Crippen molar-refractivity contribution in [1.29, 1.82) is 0 Å². The number of nitrogens with one attached hydrogen (secondary N) is 3. The highest BCUT2D eigenvalue weighted by atomic mass is 16.2. The SMILES string of the molecule is Cc1ccc(NC(=O)N2CCNC(c3cn[nH]c3)C2)cc1. The van der Waals surface area contributed by atoms with E-state index in [4.69, 9.17) is 0 Å². The number of hydrogen-bond donors (Lipinski definition) is 3. The molecule has 6 heteroatoms. The molecule has 0 saturated carbocycles. The molecule has 0 spiro atoms. The van der Waals surface area contributed by atoms with E-state index in [0.717, 1.165) is 17.8 Å². The zero-order valence-electron chi connectivity index (χ0n) is 12.0. The molecule has 1 aliphatic heterocycles. The van der Waals surface area contributed by atoms with Crippen molar-refractivity contribution in [2.75, 3.05) is 25.0 Å². The van der Waals surface area contributed by atoms with Crippen LogP contribution in [0.15, 0.2) is 36.7 Å². The van der Waals surface area contributed by atoms with Crippen LogP contribution in [0.4, 0.5) is 10.5 Å².